The van der Waals surface area contributed by atoms with Crippen LogP contribution in [0.15, 0.2) is 67.1 Å². The van der Waals surface area contributed by atoms with Gasteiger partial charge in [-0.05, 0) is 47.2 Å². The quantitative estimate of drug-likeness (QED) is 0.379. The Bertz CT molecular complexity index is 1160. The lowest BCUT2D eigenvalue weighted by Gasteiger charge is -2.14. The molecule has 0 amide bonds. The van der Waals surface area contributed by atoms with E-state index in [9.17, 15) is 13.2 Å². The van der Waals surface area contributed by atoms with Crippen LogP contribution in [-0.2, 0) is 0 Å². The number of nitrogens with one attached hydrogen (secondary N) is 1. The summed E-state index contributed by atoms with van der Waals surface area (Å²) in [4.78, 5) is 9.59. The van der Waals surface area contributed by atoms with Crippen molar-refractivity contribution in [1.82, 2.24) is 9.97 Å². The second-order valence-electron chi connectivity index (χ2n) is 6.91. The molecule has 31 heavy (non-hydrogen) atoms. The largest absolute Gasteiger partial charge is 0.573 e. The van der Waals surface area contributed by atoms with E-state index in [0.29, 0.717) is 13.0 Å². The Morgan fingerprint density at radius 3 is 2.61 bits per heavy atom. The van der Waals surface area contributed by atoms with E-state index in [1.807, 2.05) is 30.6 Å². The minimum Gasteiger partial charge on any atom is -0.406 e. The highest BCUT2D eigenvalue weighted by molar-refractivity contribution is 7.18. The fourth-order valence-electron chi connectivity index (χ4n) is 3.14. The summed E-state index contributed by atoms with van der Waals surface area (Å²) < 4.78 is 40.6. The van der Waals surface area contributed by atoms with Gasteiger partial charge in [0.25, 0.3) is 0 Å². The van der Waals surface area contributed by atoms with E-state index in [1.165, 1.54) is 12.1 Å². The molecule has 2 heterocycles. The van der Waals surface area contributed by atoms with Gasteiger partial charge in [-0.2, -0.15) is 0 Å². The molecule has 9 heteroatoms. The number of benzene rings is 2. The number of alkyl halides is 3. The minimum atomic E-state index is -4.70. The van der Waals surface area contributed by atoms with Crippen LogP contribution in [0.25, 0.3) is 21.2 Å². The van der Waals surface area contributed by atoms with Gasteiger partial charge in [-0.25, -0.2) is 4.98 Å². The number of pyridine rings is 1. The molecule has 0 aliphatic heterocycles. The number of ether oxygens (including phenoxy) is 1. The van der Waals surface area contributed by atoms with Crippen molar-refractivity contribution in [1.29, 1.82) is 0 Å². The highest BCUT2D eigenvalue weighted by atomic mass is 32.1. The zero-order valence-corrected chi connectivity index (χ0v) is 17.1. The van der Waals surface area contributed by atoms with Crippen molar-refractivity contribution in [3.8, 4) is 16.2 Å². The number of hydrogen-bond donors (Lipinski definition) is 2. The van der Waals surface area contributed by atoms with Crippen LogP contribution in [0, 0.1) is 0 Å². The van der Waals surface area contributed by atoms with Crippen LogP contribution in [0.4, 0.5) is 18.3 Å². The molecule has 0 fully saturated rings. The van der Waals surface area contributed by atoms with Crippen molar-refractivity contribution in [2.45, 2.75) is 18.8 Å². The Labute approximate surface area is 180 Å². The summed E-state index contributed by atoms with van der Waals surface area (Å²) in [6.07, 6.45) is 1.32. The monoisotopic (exact) mass is 444 g/mol. The van der Waals surface area contributed by atoms with E-state index in [1.54, 1.807) is 29.7 Å². The first kappa shape index (κ1) is 21.1. The Kier molecular flexibility index (Phi) is 6.06. The van der Waals surface area contributed by atoms with Crippen LogP contribution in [0.5, 0.6) is 5.75 Å². The molecular weight excluding hydrogens is 425 g/mol. The number of halogens is 3. The predicted molar refractivity (Wildman–Crippen MR) is 116 cm³/mol. The average molecular weight is 444 g/mol. The fraction of sp³-hybridized carbons (Fsp3) is 0.182. The highest BCUT2D eigenvalue weighted by Crippen LogP contribution is 2.31. The Morgan fingerprint density at radius 2 is 1.84 bits per heavy atom. The zero-order valence-electron chi connectivity index (χ0n) is 16.3. The van der Waals surface area contributed by atoms with Gasteiger partial charge in [0.05, 0.1) is 4.88 Å². The van der Waals surface area contributed by atoms with E-state index in [2.05, 4.69) is 26.1 Å². The third-order valence-corrected chi connectivity index (χ3v) is 5.71. The average Bonchev–Trinajstić information content (AvgIpc) is 3.21. The van der Waals surface area contributed by atoms with Gasteiger partial charge in [0.15, 0.2) is 5.13 Å². The lowest BCUT2D eigenvalue weighted by atomic mass is 10.0. The minimum absolute atomic E-state index is 0.262. The molecule has 160 valence electrons. The second kappa shape index (κ2) is 8.91. The Balaban J connectivity index is 1.32. The van der Waals surface area contributed by atoms with Gasteiger partial charge in [-0.15, -0.1) is 13.2 Å². The number of thiazole rings is 1. The molecule has 0 aliphatic rings. The molecule has 4 rings (SSSR count). The normalized spacial score (nSPS) is 12.6. The van der Waals surface area contributed by atoms with Crippen molar-refractivity contribution < 1.29 is 17.9 Å². The van der Waals surface area contributed by atoms with E-state index in [4.69, 9.17) is 5.73 Å². The summed E-state index contributed by atoms with van der Waals surface area (Å²) >= 11 is 1.55. The van der Waals surface area contributed by atoms with Gasteiger partial charge in [0, 0.05) is 36.6 Å². The molecule has 1 unspecified atom stereocenters. The van der Waals surface area contributed by atoms with Gasteiger partial charge in [0.1, 0.15) is 5.75 Å². The summed E-state index contributed by atoms with van der Waals surface area (Å²) in [5, 5.41) is 6.25. The summed E-state index contributed by atoms with van der Waals surface area (Å²) in [5.41, 5.74) is 7.98. The van der Waals surface area contributed by atoms with Gasteiger partial charge in [0.2, 0.25) is 0 Å². The molecule has 4 aromatic rings. The van der Waals surface area contributed by atoms with Crippen molar-refractivity contribution >= 4 is 27.2 Å². The van der Waals surface area contributed by atoms with E-state index in [0.717, 1.165) is 31.9 Å². The molecule has 2 aromatic heterocycles. The van der Waals surface area contributed by atoms with Gasteiger partial charge in [-0.1, -0.05) is 35.6 Å². The maximum Gasteiger partial charge on any atom is 0.573 e. The maximum atomic E-state index is 12.2. The molecule has 2 aromatic carbocycles. The SMILES string of the molecule is NC(CCNc1ncc(-c2ccc3cnccc3c2)s1)c1ccc(OC(F)(F)F)cc1. The summed E-state index contributed by atoms with van der Waals surface area (Å²) in [6.45, 7) is 0.582. The molecule has 0 spiro atoms. The molecule has 3 N–H and O–H groups in total. The topological polar surface area (TPSA) is 73.1 Å². The lowest BCUT2D eigenvalue weighted by molar-refractivity contribution is -0.274. The van der Waals surface area contributed by atoms with Crippen molar-refractivity contribution in [3.05, 3.63) is 72.7 Å². The number of nitrogens with two attached hydrogens (primary N) is 1. The summed E-state index contributed by atoms with van der Waals surface area (Å²) in [5.74, 6) is -0.262. The van der Waals surface area contributed by atoms with Crippen LogP contribution >= 0.6 is 11.3 Å². The number of hydrogen-bond acceptors (Lipinski definition) is 6. The first-order chi connectivity index (χ1) is 14.9. The molecule has 0 radical (unpaired) electrons. The lowest BCUT2D eigenvalue weighted by Crippen LogP contribution is -2.17. The maximum absolute atomic E-state index is 12.2. The van der Waals surface area contributed by atoms with Crippen LogP contribution < -0.4 is 15.8 Å². The number of aromatic nitrogens is 2. The zero-order chi connectivity index (χ0) is 21.8. The smallest absolute Gasteiger partial charge is 0.406 e. The number of fused-ring (bicyclic) bond motifs is 1. The Hall–Kier alpha value is -3.17. The summed E-state index contributed by atoms with van der Waals surface area (Å²) in [6, 6.07) is 13.5. The molecule has 1 atom stereocenters. The van der Waals surface area contributed by atoms with Crippen molar-refractivity contribution in [3.63, 3.8) is 0 Å². The molecule has 0 saturated carbocycles. The first-order valence-corrected chi connectivity index (χ1v) is 10.3. The van der Waals surface area contributed by atoms with Crippen molar-refractivity contribution in [2.75, 3.05) is 11.9 Å². The number of anilines is 1. The van der Waals surface area contributed by atoms with E-state index in [-0.39, 0.29) is 11.8 Å². The Morgan fingerprint density at radius 1 is 1.03 bits per heavy atom. The molecular formula is C22H19F3N4OS. The third kappa shape index (κ3) is 5.50. The molecule has 0 bridgehead atoms. The van der Waals surface area contributed by atoms with Crippen LogP contribution in [0.2, 0.25) is 0 Å². The number of nitrogens with zero attached hydrogens (tertiary/aromatic N) is 2. The second-order valence-corrected chi connectivity index (χ2v) is 7.94. The summed E-state index contributed by atoms with van der Waals surface area (Å²) in [7, 11) is 0. The third-order valence-electron chi connectivity index (χ3n) is 4.70. The standard InChI is InChI=1S/C22H19F3N4OS/c23-22(24,25)30-18-5-3-14(4-6-18)19(26)8-10-28-21-29-13-20(31-21)16-1-2-17-12-27-9-7-15(17)11-16/h1-7,9,11-13,19H,8,10,26H2,(H,28,29). The predicted octanol–water partition coefficient (Wildman–Crippen LogP) is 5.76. The van der Waals surface area contributed by atoms with Crippen molar-refractivity contribution in [2.24, 2.45) is 5.73 Å². The number of rotatable bonds is 7. The fourth-order valence-corrected chi connectivity index (χ4v) is 3.98. The molecule has 0 saturated heterocycles. The van der Waals surface area contributed by atoms with Gasteiger partial charge >= 0.3 is 6.36 Å². The van der Waals surface area contributed by atoms with E-state index < -0.39 is 6.36 Å². The van der Waals surface area contributed by atoms with Gasteiger partial charge < -0.3 is 15.8 Å². The van der Waals surface area contributed by atoms with Crippen LogP contribution in [-0.4, -0.2) is 22.9 Å². The molecule has 5 nitrogen and oxygen atoms in total. The van der Waals surface area contributed by atoms with Crippen LogP contribution in [0.3, 0.4) is 0 Å². The van der Waals surface area contributed by atoms with Gasteiger partial charge in [-0.3, -0.25) is 4.98 Å². The van der Waals surface area contributed by atoms with Crippen LogP contribution in [0.1, 0.15) is 18.0 Å². The molecule has 0 aliphatic carbocycles. The first-order valence-electron chi connectivity index (χ1n) is 9.52. The highest BCUT2D eigenvalue weighted by Gasteiger charge is 2.31. The van der Waals surface area contributed by atoms with E-state index >= 15 is 0 Å².